The fourth-order valence-corrected chi connectivity index (χ4v) is 4.24. The molecule has 0 atom stereocenters. The Kier molecular flexibility index (Phi) is 8.49. The van der Waals surface area contributed by atoms with Gasteiger partial charge >= 0.3 is 5.97 Å². The van der Waals surface area contributed by atoms with E-state index in [0.717, 1.165) is 0 Å². The minimum absolute atomic E-state index is 0.0267. The summed E-state index contributed by atoms with van der Waals surface area (Å²) in [5.41, 5.74) is 1.10. The molecule has 0 spiro atoms. The van der Waals surface area contributed by atoms with Crippen molar-refractivity contribution in [2.45, 2.75) is 38.1 Å². The van der Waals surface area contributed by atoms with Crippen LogP contribution in [0.2, 0.25) is 0 Å². The van der Waals surface area contributed by atoms with Crippen molar-refractivity contribution in [1.29, 1.82) is 0 Å². The first-order valence-electron chi connectivity index (χ1n) is 9.50. The number of halogens is 1. The number of carbonyl (C=O) groups is 2. The van der Waals surface area contributed by atoms with Gasteiger partial charge in [-0.3, -0.25) is 9.59 Å². The molecule has 2 rings (SSSR count). The van der Waals surface area contributed by atoms with Crippen molar-refractivity contribution >= 4 is 27.6 Å². The Balaban J connectivity index is 2.22. The lowest BCUT2D eigenvalue weighted by molar-refractivity contribution is -0.143. The average molecular weight is 437 g/mol. The normalized spacial score (nSPS) is 11.3. The van der Waals surface area contributed by atoms with Gasteiger partial charge in [0.1, 0.15) is 5.82 Å². The minimum Gasteiger partial charge on any atom is -0.466 e. The lowest BCUT2D eigenvalue weighted by Gasteiger charge is -2.22. The van der Waals surface area contributed by atoms with Crippen LogP contribution < -0.4 is 5.32 Å². The van der Waals surface area contributed by atoms with Crippen LogP contribution in [-0.4, -0.2) is 37.8 Å². The lowest BCUT2D eigenvalue weighted by Crippen LogP contribution is -2.32. The summed E-state index contributed by atoms with van der Waals surface area (Å²) in [4.78, 5) is 22.8. The number of ether oxygens (including phenoxy) is 1. The van der Waals surface area contributed by atoms with Gasteiger partial charge in [0.25, 0.3) is 0 Å². The zero-order valence-electron chi connectivity index (χ0n) is 16.9. The number of esters is 1. The van der Waals surface area contributed by atoms with E-state index in [4.69, 9.17) is 4.74 Å². The second-order valence-corrected chi connectivity index (χ2v) is 8.52. The number of nitrogens with zero attached hydrogens (tertiary/aromatic N) is 1. The number of sulfonamides is 1. The first-order chi connectivity index (χ1) is 14.2. The van der Waals surface area contributed by atoms with Gasteiger partial charge in [0.05, 0.1) is 11.5 Å². The van der Waals surface area contributed by atoms with Crippen molar-refractivity contribution in [3.05, 3.63) is 59.9 Å². The molecule has 7 nitrogen and oxygen atoms in total. The number of amides is 1. The summed E-state index contributed by atoms with van der Waals surface area (Å²) < 4.78 is 45.7. The van der Waals surface area contributed by atoms with E-state index in [1.165, 1.54) is 59.8 Å². The molecular formula is C21H25FN2O5S. The molecule has 0 saturated carbocycles. The van der Waals surface area contributed by atoms with Crippen molar-refractivity contribution < 1.29 is 27.1 Å². The van der Waals surface area contributed by atoms with E-state index >= 15 is 0 Å². The highest BCUT2D eigenvalue weighted by Crippen LogP contribution is 2.21. The van der Waals surface area contributed by atoms with Crippen molar-refractivity contribution in [2.75, 3.05) is 18.5 Å². The largest absolute Gasteiger partial charge is 0.466 e. The highest BCUT2D eigenvalue weighted by Gasteiger charge is 2.25. The first-order valence-corrected chi connectivity index (χ1v) is 10.9. The predicted molar refractivity (Wildman–Crippen MR) is 111 cm³/mol. The van der Waals surface area contributed by atoms with Gasteiger partial charge in [-0.15, -0.1) is 0 Å². The quantitative estimate of drug-likeness (QED) is 0.577. The van der Waals surface area contributed by atoms with Gasteiger partial charge < -0.3 is 10.1 Å². The summed E-state index contributed by atoms with van der Waals surface area (Å²) in [6.07, 6.45) is 0.369. The van der Waals surface area contributed by atoms with E-state index in [2.05, 4.69) is 5.32 Å². The Morgan fingerprint density at radius 1 is 1.07 bits per heavy atom. The summed E-state index contributed by atoms with van der Waals surface area (Å²) >= 11 is 0. The highest BCUT2D eigenvalue weighted by molar-refractivity contribution is 7.89. The molecule has 2 aromatic carbocycles. The van der Waals surface area contributed by atoms with Crippen molar-refractivity contribution in [1.82, 2.24) is 4.31 Å². The van der Waals surface area contributed by atoms with Crippen molar-refractivity contribution in [3.63, 3.8) is 0 Å². The number of carbonyl (C=O) groups excluding carboxylic acids is 2. The fourth-order valence-electron chi connectivity index (χ4n) is 2.77. The molecule has 0 aliphatic rings. The third-order valence-electron chi connectivity index (χ3n) is 4.18. The number of benzene rings is 2. The van der Waals surface area contributed by atoms with E-state index in [-0.39, 0.29) is 43.3 Å². The van der Waals surface area contributed by atoms with Crippen LogP contribution in [0.25, 0.3) is 0 Å². The molecule has 30 heavy (non-hydrogen) atoms. The standard InChI is InChI=1S/C21H25FN2O5S/c1-3-29-21(26)5-4-14-24(15-17-6-8-18(22)9-7-17)30(27,28)20-12-10-19(11-13-20)23-16(2)25/h6-13H,3-5,14-15H2,1-2H3,(H,23,25). The molecule has 9 heteroatoms. The molecule has 1 N–H and O–H groups in total. The Morgan fingerprint density at radius 2 is 1.70 bits per heavy atom. The average Bonchev–Trinajstić information content (AvgIpc) is 2.69. The summed E-state index contributed by atoms with van der Waals surface area (Å²) in [5.74, 6) is -1.07. The molecule has 0 fully saturated rings. The minimum atomic E-state index is -3.89. The van der Waals surface area contributed by atoms with Crippen LogP contribution in [0.1, 0.15) is 32.3 Å². The van der Waals surface area contributed by atoms with Gasteiger partial charge in [-0.05, 0) is 55.3 Å². The summed E-state index contributed by atoms with van der Waals surface area (Å²) in [5, 5.41) is 2.58. The van der Waals surface area contributed by atoms with Gasteiger partial charge in [-0.1, -0.05) is 12.1 Å². The molecule has 0 aromatic heterocycles. The number of anilines is 1. The van der Waals surface area contributed by atoms with Crippen LogP contribution in [-0.2, 0) is 30.9 Å². The number of rotatable bonds is 10. The van der Waals surface area contributed by atoms with Gasteiger partial charge in [0.2, 0.25) is 15.9 Å². The Morgan fingerprint density at radius 3 is 2.27 bits per heavy atom. The third-order valence-corrected chi connectivity index (χ3v) is 6.04. The predicted octanol–water partition coefficient (Wildman–Crippen LogP) is 3.32. The molecule has 2 aromatic rings. The van der Waals surface area contributed by atoms with Gasteiger partial charge in [-0.2, -0.15) is 4.31 Å². The summed E-state index contributed by atoms with van der Waals surface area (Å²) in [7, 11) is -3.89. The summed E-state index contributed by atoms with van der Waals surface area (Å²) in [6.45, 7) is 3.44. The van der Waals surface area contributed by atoms with E-state index in [0.29, 0.717) is 11.3 Å². The van der Waals surface area contributed by atoms with E-state index in [9.17, 15) is 22.4 Å². The monoisotopic (exact) mass is 436 g/mol. The van der Waals surface area contributed by atoms with E-state index in [1.54, 1.807) is 6.92 Å². The van der Waals surface area contributed by atoms with Crippen LogP contribution >= 0.6 is 0 Å². The number of nitrogens with one attached hydrogen (secondary N) is 1. The van der Waals surface area contributed by atoms with Crippen molar-refractivity contribution in [3.8, 4) is 0 Å². The third kappa shape index (κ3) is 6.93. The molecule has 0 saturated heterocycles. The lowest BCUT2D eigenvalue weighted by atomic mass is 10.2. The fraction of sp³-hybridized carbons (Fsp3) is 0.333. The second-order valence-electron chi connectivity index (χ2n) is 6.58. The number of hydrogen-bond acceptors (Lipinski definition) is 5. The Hall–Kier alpha value is -2.78. The SMILES string of the molecule is CCOC(=O)CCCN(Cc1ccc(F)cc1)S(=O)(=O)c1ccc(NC(C)=O)cc1. The molecule has 0 radical (unpaired) electrons. The molecule has 1 amide bonds. The van der Waals surface area contributed by atoms with E-state index in [1.807, 2.05) is 0 Å². The van der Waals surface area contributed by atoms with Crippen LogP contribution in [0, 0.1) is 5.82 Å². The number of hydrogen-bond donors (Lipinski definition) is 1. The van der Waals surface area contributed by atoms with Gasteiger partial charge in [0.15, 0.2) is 0 Å². The molecular weight excluding hydrogens is 411 g/mol. The summed E-state index contributed by atoms with van der Waals surface area (Å²) in [6, 6.07) is 11.4. The molecule has 0 aliphatic carbocycles. The maximum absolute atomic E-state index is 13.2. The molecule has 0 aliphatic heterocycles. The molecule has 0 bridgehead atoms. The maximum Gasteiger partial charge on any atom is 0.305 e. The first kappa shape index (κ1) is 23.5. The molecule has 162 valence electrons. The van der Waals surface area contributed by atoms with E-state index < -0.39 is 21.8 Å². The molecule has 0 heterocycles. The highest BCUT2D eigenvalue weighted by atomic mass is 32.2. The van der Waals surface area contributed by atoms with Crippen LogP contribution in [0.4, 0.5) is 10.1 Å². The zero-order chi connectivity index (χ0) is 22.1. The van der Waals surface area contributed by atoms with Crippen LogP contribution in [0.5, 0.6) is 0 Å². The topological polar surface area (TPSA) is 92.8 Å². The van der Waals surface area contributed by atoms with Gasteiger partial charge in [-0.25, -0.2) is 12.8 Å². The second kappa shape index (κ2) is 10.8. The van der Waals surface area contributed by atoms with Crippen LogP contribution in [0.3, 0.4) is 0 Å². The zero-order valence-corrected chi connectivity index (χ0v) is 17.7. The van der Waals surface area contributed by atoms with Crippen molar-refractivity contribution in [2.24, 2.45) is 0 Å². The Labute approximate surface area is 175 Å². The Bertz CT molecular complexity index is 960. The molecule has 0 unspecified atom stereocenters. The van der Waals surface area contributed by atoms with Gasteiger partial charge in [0, 0.05) is 32.1 Å². The maximum atomic E-state index is 13.2. The smallest absolute Gasteiger partial charge is 0.305 e. The van der Waals surface area contributed by atoms with Crippen LogP contribution in [0.15, 0.2) is 53.4 Å².